The van der Waals surface area contributed by atoms with Gasteiger partial charge in [0.05, 0.1) is 6.54 Å². The van der Waals surface area contributed by atoms with Gasteiger partial charge in [-0.1, -0.05) is 11.6 Å². The Labute approximate surface area is 180 Å². The minimum atomic E-state index is -0.165. The van der Waals surface area contributed by atoms with E-state index in [9.17, 15) is 4.79 Å². The first-order valence-corrected chi connectivity index (χ1v) is 10.6. The van der Waals surface area contributed by atoms with E-state index >= 15 is 0 Å². The number of nitrogens with zero attached hydrogens (tertiary/aromatic N) is 6. The van der Waals surface area contributed by atoms with Gasteiger partial charge < -0.3 is 9.32 Å². The highest BCUT2D eigenvalue weighted by Crippen LogP contribution is 2.31. The summed E-state index contributed by atoms with van der Waals surface area (Å²) in [4.78, 5) is 27.7. The Bertz CT molecular complexity index is 1170. The lowest BCUT2D eigenvalue weighted by molar-refractivity contribution is 0.0709. The van der Waals surface area contributed by atoms with Gasteiger partial charge in [0.25, 0.3) is 5.91 Å². The molecule has 3 aromatic heterocycles. The molecule has 8 nitrogen and oxygen atoms in total. The fourth-order valence-electron chi connectivity index (χ4n) is 2.96. The molecule has 0 unspecified atom stereocenters. The second kappa shape index (κ2) is 7.92. The summed E-state index contributed by atoms with van der Waals surface area (Å²) in [5, 5.41) is 11.2. The number of thiazole rings is 1. The topological polar surface area (TPSA) is 97.9 Å². The third-order valence-electron chi connectivity index (χ3n) is 4.59. The van der Waals surface area contributed by atoms with Gasteiger partial charge in [-0.05, 0) is 43.2 Å². The van der Waals surface area contributed by atoms with Gasteiger partial charge in [0.15, 0.2) is 10.8 Å². The lowest BCUT2D eigenvalue weighted by Gasteiger charge is -2.19. The summed E-state index contributed by atoms with van der Waals surface area (Å²) in [6.45, 7) is 0.235. The van der Waals surface area contributed by atoms with Gasteiger partial charge in [0.2, 0.25) is 11.8 Å². The van der Waals surface area contributed by atoms with E-state index in [2.05, 4.69) is 25.1 Å². The minimum absolute atomic E-state index is 0.154. The van der Waals surface area contributed by atoms with Crippen LogP contribution in [0.5, 0.6) is 0 Å². The number of benzene rings is 1. The Balaban J connectivity index is 1.35. The van der Waals surface area contributed by atoms with Crippen molar-refractivity contribution >= 4 is 28.8 Å². The van der Waals surface area contributed by atoms with Gasteiger partial charge in [-0.2, -0.15) is 0 Å². The summed E-state index contributed by atoms with van der Waals surface area (Å²) < 4.78 is 5.78. The molecule has 3 heterocycles. The normalized spacial score (nSPS) is 13.4. The molecule has 0 N–H and O–H groups in total. The highest BCUT2D eigenvalue weighted by molar-refractivity contribution is 7.13. The van der Waals surface area contributed by atoms with E-state index in [0.717, 1.165) is 18.4 Å². The van der Waals surface area contributed by atoms with Crippen molar-refractivity contribution in [3.63, 3.8) is 0 Å². The van der Waals surface area contributed by atoms with Crippen molar-refractivity contribution < 1.29 is 9.21 Å². The van der Waals surface area contributed by atoms with E-state index < -0.39 is 0 Å². The van der Waals surface area contributed by atoms with E-state index in [4.69, 9.17) is 16.0 Å². The van der Waals surface area contributed by atoms with Crippen LogP contribution in [0.4, 0.5) is 0 Å². The maximum absolute atomic E-state index is 13.1. The fourth-order valence-corrected chi connectivity index (χ4v) is 3.82. The Kier molecular flexibility index (Phi) is 4.97. The van der Waals surface area contributed by atoms with Crippen LogP contribution < -0.4 is 0 Å². The predicted octanol–water partition coefficient (Wildman–Crippen LogP) is 4.11. The number of carbonyl (C=O) groups excluding carboxylic acids is 1. The quantitative estimate of drug-likeness (QED) is 0.446. The van der Waals surface area contributed by atoms with Crippen LogP contribution >= 0.6 is 22.9 Å². The molecule has 4 aromatic rings. The number of halogens is 1. The van der Waals surface area contributed by atoms with E-state index in [1.807, 2.05) is 12.1 Å². The molecule has 0 bridgehead atoms. The van der Waals surface area contributed by atoms with Gasteiger partial charge in [-0.3, -0.25) is 4.79 Å². The first-order valence-electron chi connectivity index (χ1n) is 9.29. The van der Waals surface area contributed by atoms with Crippen molar-refractivity contribution in [2.24, 2.45) is 0 Å². The van der Waals surface area contributed by atoms with Crippen molar-refractivity contribution in [1.82, 2.24) is 30.0 Å². The lowest BCUT2D eigenvalue weighted by atomic mass is 10.2. The lowest BCUT2D eigenvalue weighted by Crippen LogP contribution is -2.33. The first kappa shape index (κ1) is 18.8. The number of hydrogen-bond acceptors (Lipinski definition) is 8. The molecule has 0 aliphatic heterocycles. The van der Waals surface area contributed by atoms with E-state index in [1.54, 1.807) is 40.9 Å². The molecule has 10 heteroatoms. The molecule has 0 atom stereocenters. The maximum Gasteiger partial charge on any atom is 0.274 e. The number of aromatic nitrogens is 5. The molecule has 1 aliphatic carbocycles. The third kappa shape index (κ3) is 3.94. The van der Waals surface area contributed by atoms with Gasteiger partial charge >= 0.3 is 0 Å². The van der Waals surface area contributed by atoms with Crippen molar-refractivity contribution in [2.45, 2.75) is 25.4 Å². The Hall–Kier alpha value is -3.17. The van der Waals surface area contributed by atoms with Crippen LogP contribution in [-0.4, -0.2) is 42.0 Å². The van der Waals surface area contributed by atoms with E-state index in [0.29, 0.717) is 33.3 Å². The van der Waals surface area contributed by atoms with Crippen LogP contribution in [0.3, 0.4) is 0 Å². The highest BCUT2D eigenvalue weighted by atomic mass is 35.5. The number of hydrogen-bond donors (Lipinski definition) is 0. The Morgan fingerprint density at radius 3 is 2.67 bits per heavy atom. The molecular weight excluding hydrogens is 424 g/mol. The molecule has 5 rings (SSSR count). The molecule has 1 aromatic carbocycles. The highest BCUT2D eigenvalue weighted by Gasteiger charge is 2.35. The van der Waals surface area contributed by atoms with Crippen LogP contribution in [0.15, 0.2) is 52.5 Å². The number of amides is 1. The molecule has 1 saturated carbocycles. The molecule has 1 amide bonds. The van der Waals surface area contributed by atoms with E-state index in [1.165, 1.54) is 11.3 Å². The van der Waals surface area contributed by atoms with Crippen molar-refractivity contribution in [2.75, 3.05) is 0 Å². The van der Waals surface area contributed by atoms with Crippen molar-refractivity contribution in [3.05, 3.63) is 64.7 Å². The summed E-state index contributed by atoms with van der Waals surface area (Å²) in [6.07, 6.45) is 5.19. The second-order valence-corrected chi connectivity index (χ2v) is 8.08. The van der Waals surface area contributed by atoms with Crippen molar-refractivity contribution in [3.8, 4) is 22.3 Å². The summed E-state index contributed by atoms with van der Waals surface area (Å²) in [5.74, 6) is 1.11. The van der Waals surface area contributed by atoms with Gasteiger partial charge in [0, 0.05) is 34.4 Å². The maximum atomic E-state index is 13.1. The van der Waals surface area contributed by atoms with Crippen LogP contribution in [-0.2, 0) is 6.54 Å². The third-order valence-corrected chi connectivity index (χ3v) is 5.68. The van der Waals surface area contributed by atoms with Crippen LogP contribution in [0, 0.1) is 0 Å². The number of carbonyl (C=O) groups is 1. The molecule has 0 spiro atoms. The first-order chi connectivity index (χ1) is 14.7. The molecule has 0 saturated heterocycles. The minimum Gasteiger partial charge on any atom is -0.419 e. The molecule has 1 aliphatic rings. The second-order valence-electron chi connectivity index (χ2n) is 6.78. The average molecular weight is 439 g/mol. The van der Waals surface area contributed by atoms with Crippen molar-refractivity contribution in [1.29, 1.82) is 0 Å². The Morgan fingerprint density at radius 1 is 1.17 bits per heavy atom. The molecule has 1 fully saturated rings. The summed E-state index contributed by atoms with van der Waals surface area (Å²) in [6, 6.07) is 9.04. The molecular formula is C20H15ClN6O2S. The zero-order chi connectivity index (χ0) is 20.5. The molecule has 30 heavy (non-hydrogen) atoms. The fraction of sp³-hybridized carbons (Fsp3) is 0.200. The van der Waals surface area contributed by atoms with Gasteiger partial charge in [0.1, 0.15) is 5.69 Å². The summed E-state index contributed by atoms with van der Waals surface area (Å²) >= 11 is 7.27. The Morgan fingerprint density at radius 2 is 1.93 bits per heavy atom. The SMILES string of the molecule is O=C(c1csc(-c2ncccn2)n1)N(Cc1nnc(-c2ccc(Cl)cc2)o1)C1CC1. The molecule has 0 radical (unpaired) electrons. The summed E-state index contributed by atoms with van der Waals surface area (Å²) in [7, 11) is 0. The summed E-state index contributed by atoms with van der Waals surface area (Å²) in [5.41, 5.74) is 1.14. The smallest absolute Gasteiger partial charge is 0.274 e. The predicted molar refractivity (Wildman–Crippen MR) is 111 cm³/mol. The van der Waals surface area contributed by atoms with E-state index in [-0.39, 0.29) is 18.5 Å². The van der Waals surface area contributed by atoms with Gasteiger partial charge in [-0.15, -0.1) is 21.5 Å². The molecule has 150 valence electrons. The number of rotatable bonds is 6. The van der Waals surface area contributed by atoms with Crippen LogP contribution in [0.1, 0.15) is 29.2 Å². The average Bonchev–Trinajstić information content (AvgIpc) is 3.30. The largest absolute Gasteiger partial charge is 0.419 e. The van der Waals surface area contributed by atoms with Crippen LogP contribution in [0.25, 0.3) is 22.3 Å². The zero-order valence-electron chi connectivity index (χ0n) is 15.6. The van der Waals surface area contributed by atoms with Gasteiger partial charge in [-0.25, -0.2) is 15.0 Å². The van der Waals surface area contributed by atoms with Crippen LogP contribution in [0.2, 0.25) is 5.02 Å². The standard InChI is InChI=1S/C20H15ClN6O2S/c21-13-4-2-12(3-5-13)18-26-25-16(29-18)10-27(14-6-7-14)20(28)15-11-30-19(24-15)17-22-8-1-9-23-17/h1-5,8-9,11,14H,6-7,10H2. The zero-order valence-corrected chi connectivity index (χ0v) is 17.2. The monoisotopic (exact) mass is 438 g/mol.